The largest absolute Gasteiger partial charge is 0.207 e. The van der Waals surface area contributed by atoms with Gasteiger partial charge in [-0.1, -0.05) is 32.6 Å². The lowest BCUT2D eigenvalue weighted by molar-refractivity contribution is 0.619. The van der Waals surface area contributed by atoms with E-state index < -0.39 is 0 Å². The van der Waals surface area contributed by atoms with Crippen LogP contribution in [-0.4, -0.2) is 0 Å². The highest BCUT2D eigenvalue weighted by molar-refractivity contribution is 5.52. The number of hydrogen-bond donors (Lipinski definition) is 0. The second kappa shape index (κ2) is 4.22. The molecule has 0 saturated heterocycles. The maximum absolute atomic E-state index is 12.8. The third kappa shape index (κ3) is 2.69. The Balaban J connectivity index is 2.99. The Morgan fingerprint density at radius 3 is 2.69 bits per heavy atom. The lowest BCUT2D eigenvalue weighted by atomic mass is 9.98. The molecule has 0 saturated carbocycles. The second-order valence-electron chi connectivity index (χ2n) is 3.65. The van der Waals surface area contributed by atoms with Gasteiger partial charge in [0.05, 0.1) is 0 Å². The van der Waals surface area contributed by atoms with Crippen molar-refractivity contribution in [3.8, 4) is 0 Å². The van der Waals surface area contributed by atoms with Crippen molar-refractivity contribution in [2.45, 2.75) is 20.3 Å². The number of benzene rings is 1. The van der Waals surface area contributed by atoms with E-state index in [1.807, 2.05) is 6.07 Å². The van der Waals surface area contributed by atoms with Crippen molar-refractivity contribution in [1.29, 1.82) is 0 Å². The van der Waals surface area contributed by atoms with Crippen molar-refractivity contribution in [3.05, 3.63) is 41.7 Å². The Morgan fingerprint density at radius 1 is 1.46 bits per heavy atom. The van der Waals surface area contributed by atoms with Gasteiger partial charge in [0.25, 0.3) is 0 Å². The standard InChI is InChI=1S/C12H15F/c1-4-10-8-12(13)6-5-11(10)7-9(2)3/h4-6,8-9H,1,7H2,2-3H3. The van der Waals surface area contributed by atoms with Crippen LogP contribution in [-0.2, 0) is 6.42 Å². The van der Waals surface area contributed by atoms with Crippen LogP contribution in [0, 0.1) is 11.7 Å². The minimum Gasteiger partial charge on any atom is -0.207 e. The normalized spacial score (nSPS) is 10.5. The zero-order valence-electron chi connectivity index (χ0n) is 8.18. The maximum Gasteiger partial charge on any atom is 0.123 e. The summed E-state index contributed by atoms with van der Waals surface area (Å²) in [5, 5.41) is 0. The number of rotatable bonds is 3. The fraction of sp³-hybridized carbons (Fsp3) is 0.333. The first kappa shape index (κ1) is 9.97. The van der Waals surface area contributed by atoms with Crippen LogP contribution in [0.25, 0.3) is 6.08 Å². The number of halogens is 1. The molecule has 0 atom stereocenters. The smallest absolute Gasteiger partial charge is 0.123 e. The molecule has 1 aromatic carbocycles. The average Bonchev–Trinajstić information content (AvgIpc) is 2.07. The summed E-state index contributed by atoms with van der Waals surface area (Å²) in [6.07, 6.45) is 2.68. The van der Waals surface area contributed by atoms with E-state index >= 15 is 0 Å². The Bertz CT molecular complexity index is 300. The van der Waals surface area contributed by atoms with Crippen LogP contribution in [0.4, 0.5) is 4.39 Å². The summed E-state index contributed by atoms with van der Waals surface area (Å²) in [6, 6.07) is 4.88. The molecule has 13 heavy (non-hydrogen) atoms. The van der Waals surface area contributed by atoms with Crippen LogP contribution in [0.3, 0.4) is 0 Å². The van der Waals surface area contributed by atoms with Crippen molar-refractivity contribution in [3.63, 3.8) is 0 Å². The van der Waals surface area contributed by atoms with Crippen molar-refractivity contribution < 1.29 is 4.39 Å². The van der Waals surface area contributed by atoms with Crippen molar-refractivity contribution >= 4 is 6.08 Å². The first-order chi connectivity index (χ1) is 6.13. The second-order valence-corrected chi connectivity index (χ2v) is 3.65. The van der Waals surface area contributed by atoms with Gasteiger partial charge in [-0.2, -0.15) is 0 Å². The van der Waals surface area contributed by atoms with Crippen LogP contribution in [0.5, 0.6) is 0 Å². The molecule has 0 fully saturated rings. The molecular weight excluding hydrogens is 163 g/mol. The van der Waals surface area contributed by atoms with E-state index in [1.54, 1.807) is 6.08 Å². The van der Waals surface area contributed by atoms with Crippen molar-refractivity contribution in [2.75, 3.05) is 0 Å². The molecule has 0 radical (unpaired) electrons. The summed E-state index contributed by atoms with van der Waals surface area (Å²) in [5.74, 6) is 0.395. The van der Waals surface area contributed by atoms with Crippen LogP contribution in [0.15, 0.2) is 24.8 Å². The quantitative estimate of drug-likeness (QED) is 0.662. The summed E-state index contributed by atoms with van der Waals surface area (Å²) < 4.78 is 12.8. The van der Waals surface area contributed by atoms with Gasteiger partial charge in [0.15, 0.2) is 0 Å². The molecule has 70 valence electrons. The fourth-order valence-corrected chi connectivity index (χ4v) is 1.38. The van der Waals surface area contributed by atoms with Crippen molar-refractivity contribution in [2.24, 2.45) is 5.92 Å². The van der Waals surface area contributed by atoms with Gasteiger partial charge < -0.3 is 0 Å². The predicted molar refractivity (Wildman–Crippen MR) is 55.0 cm³/mol. The van der Waals surface area contributed by atoms with E-state index in [1.165, 1.54) is 17.7 Å². The van der Waals surface area contributed by atoms with Gasteiger partial charge in [-0.3, -0.25) is 0 Å². The van der Waals surface area contributed by atoms with E-state index in [-0.39, 0.29) is 5.82 Å². The Hall–Kier alpha value is -1.11. The van der Waals surface area contributed by atoms with Crippen molar-refractivity contribution in [1.82, 2.24) is 0 Å². The fourth-order valence-electron chi connectivity index (χ4n) is 1.38. The van der Waals surface area contributed by atoms with Crippen LogP contribution in [0.1, 0.15) is 25.0 Å². The predicted octanol–water partition coefficient (Wildman–Crippen LogP) is 3.67. The first-order valence-corrected chi connectivity index (χ1v) is 4.54. The average molecular weight is 178 g/mol. The van der Waals surface area contributed by atoms with E-state index in [4.69, 9.17) is 0 Å². The monoisotopic (exact) mass is 178 g/mol. The van der Waals surface area contributed by atoms with Crippen LogP contribution >= 0.6 is 0 Å². The molecule has 0 aliphatic carbocycles. The van der Waals surface area contributed by atoms with Crippen LogP contribution in [0.2, 0.25) is 0 Å². The molecule has 0 N–H and O–H groups in total. The summed E-state index contributed by atoms with van der Waals surface area (Å²) in [4.78, 5) is 0. The van der Waals surface area contributed by atoms with Gasteiger partial charge in [-0.05, 0) is 35.6 Å². The van der Waals surface area contributed by atoms with Crippen LogP contribution < -0.4 is 0 Å². The molecule has 0 heterocycles. The highest BCUT2D eigenvalue weighted by Gasteiger charge is 2.03. The molecule has 0 nitrogen and oxygen atoms in total. The van der Waals surface area contributed by atoms with Gasteiger partial charge in [-0.25, -0.2) is 4.39 Å². The Kier molecular flexibility index (Phi) is 3.24. The highest BCUT2D eigenvalue weighted by atomic mass is 19.1. The first-order valence-electron chi connectivity index (χ1n) is 4.54. The molecule has 0 unspecified atom stereocenters. The topological polar surface area (TPSA) is 0 Å². The molecular formula is C12H15F. The molecule has 1 aromatic rings. The number of hydrogen-bond acceptors (Lipinski definition) is 0. The molecule has 0 aliphatic heterocycles. The molecule has 0 spiro atoms. The molecule has 1 heteroatoms. The molecule has 1 rings (SSSR count). The van der Waals surface area contributed by atoms with Gasteiger partial charge in [0.2, 0.25) is 0 Å². The Morgan fingerprint density at radius 2 is 2.15 bits per heavy atom. The lowest BCUT2D eigenvalue weighted by Crippen LogP contribution is -1.97. The highest BCUT2D eigenvalue weighted by Crippen LogP contribution is 2.16. The Labute approximate surface area is 79.1 Å². The minimum atomic E-state index is -0.192. The van der Waals surface area contributed by atoms with E-state index in [2.05, 4.69) is 20.4 Å². The van der Waals surface area contributed by atoms with E-state index in [0.717, 1.165) is 12.0 Å². The van der Waals surface area contributed by atoms with Gasteiger partial charge in [0, 0.05) is 0 Å². The third-order valence-electron chi connectivity index (χ3n) is 1.96. The molecule has 0 bridgehead atoms. The zero-order chi connectivity index (χ0) is 9.84. The summed E-state index contributed by atoms with van der Waals surface area (Å²) >= 11 is 0. The third-order valence-corrected chi connectivity index (χ3v) is 1.96. The summed E-state index contributed by atoms with van der Waals surface area (Å²) in [5.41, 5.74) is 2.08. The van der Waals surface area contributed by atoms with Gasteiger partial charge in [-0.15, -0.1) is 0 Å². The zero-order valence-corrected chi connectivity index (χ0v) is 8.18. The summed E-state index contributed by atoms with van der Waals surface area (Å²) in [7, 11) is 0. The lowest BCUT2D eigenvalue weighted by Gasteiger charge is -2.08. The summed E-state index contributed by atoms with van der Waals surface area (Å²) in [6.45, 7) is 7.97. The maximum atomic E-state index is 12.8. The minimum absolute atomic E-state index is 0.192. The van der Waals surface area contributed by atoms with Gasteiger partial charge >= 0.3 is 0 Å². The van der Waals surface area contributed by atoms with E-state index in [0.29, 0.717) is 5.92 Å². The molecule has 0 amide bonds. The SMILES string of the molecule is C=Cc1cc(F)ccc1CC(C)C. The molecule has 0 aliphatic rings. The van der Waals surface area contributed by atoms with Gasteiger partial charge in [0.1, 0.15) is 5.82 Å². The van der Waals surface area contributed by atoms with E-state index in [9.17, 15) is 4.39 Å². The molecule has 0 aromatic heterocycles.